The van der Waals surface area contributed by atoms with Crippen molar-refractivity contribution in [1.82, 2.24) is 10.1 Å². The third kappa shape index (κ3) is 2.22. The monoisotopic (exact) mass is 245 g/mol. The highest BCUT2D eigenvalue weighted by Crippen LogP contribution is 2.30. The molecule has 1 aromatic carbocycles. The summed E-state index contributed by atoms with van der Waals surface area (Å²) in [5.41, 5.74) is 8.65. The quantitative estimate of drug-likeness (QED) is 0.895. The van der Waals surface area contributed by atoms with Crippen LogP contribution in [0.5, 0.6) is 5.75 Å². The molecule has 1 aliphatic carbocycles. The molecular formula is C13H15N3O2. The maximum absolute atomic E-state index is 6.11. The Morgan fingerprint density at radius 1 is 1.44 bits per heavy atom. The number of aryl methyl sites for hydroxylation is 1. The first kappa shape index (κ1) is 11.2. The van der Waals surface area contributed by atoms with Crippen molar-refractivity contribution in [2.75, 3.05) is 0 Å². The Labute approximate surface area is 105 Å². The van der Waals surface area contributed by atoms with E-state index in [9.17, 15) is 0 Å². The summed E-state index contributed by atoms with van der Waals surface area (Å²) in [5.74, 6) is 1.34. The highest BCUT2D eigenvalue weighted by molar-refractivity contribution is 5.39. The lowest BCUT2D eigenvalue weighted by molar-refractivity contribution is 0.286. The maximum atomic E-state index is 6.11. The standard InChI is InChI=1S/C13H15N3O2/c14-12-3-1-2-9-4-5-10(6-11(9)12)17-7-13-15-8-18-16-13/h4-6,8,12H,1-3,7,14H2. The van der Waals surface area contributed by atoms with Gasteiger partial charge in [-0.1, -0.05) is 11.2 Å². The Bertz CT molecular complexity index is 525. The molecule has 1 unspecified atom stereocenters. The van der Waals surface area contributed by atoms with E-state index in [2.05, 4.69) is 20.7 Å². The Morgan fingerprint density at radius 2 is 2.39 bits per heavy atom. The average Bonchev–Trinajstić information content (AvgIpc) is 2.90. The molecule has 18 heavy (non-hydrogen) atoms. The molecule has 0 spiro atoms. The topological polar surface area (TPSA) is 74.2 Å². The van der Waals surface area contributed by atoms with Crippen molar-refractivity contribution >= 4 is 0 Å². The van der Waals surface area contributed by atoms with Gasteiger partial charge in [-0.3, -0.25) is 0 Å². The smallest absolute Gasteiger partial charge is 0.213 e. The third-order valence-electron chi connectivity index (χ3n) is 3.25. The van der Waals surface area contributed by atoms with E-state index in [-0.39, 0.29) is 6.04 Å². The van der Waals surface area contributed by atoms with Gasteiger partial charge in [-0.25, -0.2) is 0 Å². The molecule has 94 valence electrons. The van der Waals surface area contributed by atoms with Crippen LogP contribution in [0, 0.1) is 0 Å². The van der Waals surface area contributed by atoms with Crippen molar-refractivity contribution in [3.05, 3.63) is 41.5 Å². The van der Waals surface area contributed by atoms with E-state index in [4.69, 9.17) is 10.5 Å². The molecule has 1 aliphatic rings. The first-order chi connectivity index (χ1) is 8.83. The number of benzene rings is 1. The van der Waals surface area contributed by atoms with Crippen molar-refractivity contribution in [2.45, 2.75) is 31.9 Å². The molecule has 1 aromatic heterocycles. The molecule has 0 fully saturated rings. The first-order valence-corrected chi connectivity index (χ1v) is 6.09. The van der Waals surface area contributed by atoms with Gasteiger partial charge in [0.25, 0.3) is 0 Å². The van der Waals surface area contributed by atoms with Crippen LogP contribution in [0.1, 0.15) is 35.8 Å². The maximum Gasteiger partial charge on any atom is 0.213 e. The normalized spacial score (nSPS) is 18.4. The van der Waals surface area contributed by atoms with Crippen LogP contribution in [-0.4, -0.2) is 10.1 Å². The largest absolute Gasteiger partial charge is 0.485 e. The van der Waals surface area contributed by atoms with E-state index in [0.717, 1.165) is 25.0 Å². The Morgan fingerprint density at radius 3 is 3.22 bits per heavy atom. The molecule has 0 saturated carbocycles. The summed E-state index contributed by atoms with van der Waals surface area (Å²) < 4.78 is 10.3. The van der Waals surface area contributed by atoms with Gasteiger partial charge in [0, 0.05) is 6.04 Å². The zero-order chi connectivity index (χ0) is 12.4. The molecule has 0 bridgehead atoms. The van der Waals surface area contributed by atoms with Gasteiger partial charge < -0.3 is 15.0 Å². The Balaban J connectivity index is 1.75. The van der Waals surface area contributed by atoms with E-state index < -0.39 is 0 Å². The fourth-order valence-electron chi connectivity index (χ4n) is 2.31. The summed E-state index contributed by atoms with van der Waals surface area (Å²) in [6.07, 6.45) is 4.61. The third-order valence-corrected chi connectivity index (χ3v) is 3.25. The first-order valence-electron chi connectivity index (χ1n) is 6.09. The van der Waals surface area contributed by atoms with Gasteiger partial charge in [0.1, 0.15) is 5.75 Å². The summed E-state index contributed by atoms with van der Waals surface area (Å²) in [5, 5.41) is 3.70. The zero-order valence-corrected chi connectivity index (χ0v) is 10.0. The van der Waals surface area contributed by atoms with Crippen LogP contribution in [0.25, 0.3) is 0 Å². The molecular weight excluding hydrogens is 230 g/mol. The van der Waals surface area contributed by atoms with Gasteiger partial charge in [-0.15, -0.1) is 0 Å². The molecule has 3 rings (SSSR count). The fraction of sp³-hybridized carbons (Fsp3) is 0.385. The second kappa shape index (κ2) is 4.78. The van der Waals surface area contributed by atoms with Crippen LogP contribution in [0.15, 0.2) is 29.1 Å². The van der Waals surface area contributed by atoms with E-state index in [1.54, 1.807) is 0 Å². The number of nitrogens with zero attached hydrogens (tertiary/aromatic N) is 2. The van der Waals surface area contributed by atoms with Crippen molar-refractivity contribution in [1.29, 1.82) is 0 Å². The number of hydrogen-bond acceptors (Lipinski definition) is 5. The van der Waals surface area contributed by atoms with Gasteiger partial charge in [0.2, 0.25) is 12.2 Å². The lowest BCUT2D eigenvalue weighted by Gasteiger charge is -2.22. The minimum Gasteiger partial charge on any atom is -0.485 e. The van der Waals surface area contributed by atoms with Crippen LogP contribution in [0.3, 0.4) is 0 Å². The van der Waals surface area contributed by atoms with E-state index >= 15 is 0 Å². The summed E-state index contributed by atoms with van der Waals surface area (Å²) in [6.45, 7) is 0.310. The predicted molar refractivity (Wildman–Crippen MR) is 64.9 cm³/mol. The van der Waals surface area contributed by atoms with Gasteiger partial charge in [-0.2, -0.15) is 4.98 Å². The summed E-state index contributed by atoms with van der Waals surface area (Å²) >= 11 is 0. The molecule has 1 atom stereocenters. The predicted octanol–water partition coefficient (Wildman–Crippen LogP) is 1.98. The number of rotatable bonds is 3. The van der Waals surface area contributed by atoms with E-state index in [1.807, 2.05) is 12.1 Å². The SMILES string of the molecule is NC1CCCc2ccc(OCc3ncon3)cc21. The van der Waals surface area contributed by atoms with Gasteiger partial charge >= 0.3 is 0 Å². The van der Waals surface area contributed by atoms with Crippen molar-refractivity contribution in [3.8, 4) is 5.75 Å². The van der Waals surface area contributed by atoms with Crippen LogP contribution in [0.4, 0.5) is 0 Å². The Kier molecular flexibility index (Phi) is 2.98. The second-order valence-electron chi connectivity index (χ2n) is 4.50. The molecule has 2 N–H and O–H groups in total. The number of hydrogen-bond donors (Lipinski definition) is 1. The van der Waals surface area contributed by atoms with Crippen LogP contribution in [0.2, 0.25) is 0 Å². The van der Waals surface area contributed by atoms with E-state index in [0.29, 0.717) is 12.4 Å². The van der Waals surface area contributed by atoms with Crippen LogP contribution < -0.4 is 10.5 Å². The number of nitrogens with two attached hydrogens (primary N) is 1. The molecule has 5 nitrogen and oxygen atoms in total. The highest BCUT2D eigenvalue weighted by Gasteiger charge is 2.17. The summed E-state index contributed by atoms with van der Waals surface area (Å²) in [4.78, 5) is 3.91. The van der Waals surface area contributed by atoms with Gasteiger partial charge in [-0.05, 0) is 42.5 Å². The van der Waals surface area contributed by atoms with E-state index in [1.165, 1.54) is 17.5 Å². The number of ether oxygens (including phenoxy) is 1. The highest BCUT2D eigenvalue weighted by atomic mass is 16.5. The van der Waals surface area contributed by atoms with Crippen LogP contribution in [-0.2, 0) is 13.0 Å². The second-order valence-corrected chi connectivity index (χ2v) is 4.50. The zero-order valence-electron chi connectivity index (χ0n) is 10.0. The van der Waals surface area contributed by atoms with Crippen molar-refractivity contribution < 1.29 is 9.26 Å². The minimum absolute atomic E-state index is 0.127. The molecule has 0 radical (unpaired) electrons. The molecule has 1 heterocycles. The molecule has 0 saturated heterocycles. The average molecular weight is 245 g/mol. The van der Waals surface area contributed by atoms with Crippen LogP contribution >= 0.6 is 0 Å². The number of fused-ring (bicyclic) bond motifs is 1. The summed E-state index contributed by atoms with van der Waals surface area (Å²) in [7, 11) is 0. The molecule has 0 amide bonds. The van der Waals surface area contributed by atoms with Gasteiger partial charge in [0.15, 0.2) is 6.61 Å². The molecule has 0 aliphatic heterocycles. The number of aromatic nitrogens is 2. The molecule has 2 aromatic rings. The molecule has 5 heteroatoms. The van der Waals surface area contributed by atoms with Crippen molar-refractivity contribution in [2.24, 2.45) is 5.73 Å². The van der Waals surface area contributed by atoms with Gasteiger partial charge in [0.05, 0.1) is 0 Å². The summed E-state index contributed by atoms with van der Waals surface area (Å²) in [6, 6.07) is 6.22. The minimum atomic E-state index is 0.127. The van der Waals surface area contributed by atoms with Crippen molar-refractivity contribution in [3.63, 3.8) is 0 Å². The lowest BCUT2D eigenvalue weighted by Crippen LogP contribution is -2.17. The lowest BCUT2D eigenvalue weighted by atomic mass is 9.88. The fourth-order valence-corrected chi connectivity index (χ4v) is 2.31. The Hall–Kier alpha value is -1.88.